The van der Waals surface area contributed by atoms with Crippen LogP contribution in [-0.4, -0.2) is 36.1 Å². The molecule has 2 amide bonds. The molecule has 0 saturated heterocycles. The zero-order valence-electron chi connectivity index (χ0n) is 9.38. The van der Waals surface area contributed by atoms with E-state index in [0.717, 1.165) is 5.56 Å². The Hall–Kier alpha value is -2.04. The van der Waals surface area contributed by atoms with Crippen molar-refractivity contribution in [3.05, 3.63) is 35.9 Å². The van der Waals surface area contributed by atoms with Crippen molar-refractivity contribution in [2.75, 3.05) is 14.1 Å². The van der Waals surface area contributed by atoms with Crippen LogP contribution in [-0.2, 0) is 11.2 Å². The van der Waals surface area contributed by atoms with Gasteiger partial charge in [0.15, 0.2) is 0 Å². The lowest BCUT2D eigenvalue weighted by Crippen LogP contribution is -2.27. The van der Waals surface area contributed by atoms with Crippen LogP contribution in [0, 0.1) is 0 Å². The Morgan fingerprint density at radius 3 is 2.00 bits per heavy atom. The van der Waals surface area contributed by atoms with Gasteiger partial charge in [-0.3, -0.25) is 4.79 Å². The minimum atomic E-state index is -0.786. The van der Waals surface area contributed by atoms with Crippen LogP contribution in [0.4, 0.5) is 4.79 Å². The van der Waals surface area contributed by atoms with Crippen molar-refractivity contribution in [3.8, 4) is 0 Å². The van der Waals surface area contributed by atoms with Gasteiger partial charge in [0, 0.05) is 14.1 Å². The third-order valence-corrected chi connectivity index (χ3v) is 1.64. The van der Waals surface area contributed by atoms with E-state index in [1.54, 1.807) is 26.2 Å². The predicted molar refractivity (Wildman–Crippen MR) is 61.1 cm³/mol. The number of hydrogen-bond acceptors (Lipinski definition) is 2. The van der Waals surface area contributed by atoms with Gasteiger partial charge in [-0.2, -0.15) is 0 Å². The van der Waals surface area contributed by atoms with Crippen LogP contribution in [0.15, 0.2) is 30.3 Å². The first-order valence-electron chi connectivity index (χ1n) is 4.66. The predicted octanol–water partition coefficient (Wildman–Crippen LogP) is 0.940. The summed E-state index contributed by atoms with van der Waals surface area (Å²) < 4.78 is 0. The first-order valence-corrected chi connectivity index (χ1v) is 4.66. The summed E-state index contributed by atoms with van der Waals surface area (Å²) in [5.41, 5.74) is 5.56. The molecule has 88 valence electrons. The zero-order valence-corrected chi connectivity index (χ0v) is 9.38. The number of nitrogens with zero attached hydrogens (tertiary/aromatic N) is 1. The highest BCUT2D eigenvalue weighted by Gasteiger charge is 1.96. The van der Waals surface area contributed by atoms with Crippen molar-refractivity contribution in [1.82, 2.24) is 4.90 Å². The maximum Gasteiger partial charge on any atom is 0.314 e. The molecule has 0 radical (unpaired) electrons. The summed E-state index contributed by atoms with van der Waals surface area (Å²) in [6.07, 6.45) is 0.112. The Labute approximate surface area is 94.5 Å². The lowest BCUT2D eigenvalue weighted by molar-refractivity contribution is -0.136. The SMILES string of the molecule is CN(C)C(N)=O.O=C(O)Cc1ccccc1. The fraction of sp³-hybridized carbons (Fsp3) is 0.273. The molecular formula is C11H16N2O3. The average molecular weight is 224 g/mol. The summed E-state index contributed by atoms with van der Waals surface area (Å²) in [6, 6.07) is 8.72. The number of rotatable bonds is 2. The molecule has 0 aromatic heterocycles. The van der Waals surface area contributed by atoms with Crippen molar-refractivity contribution in [2.24, 2.45) is 5.73 Å². The van der Waals surface area contributed by atoms with E-state index < -0.39 is 12.0 Å². The monoisotopic (exact) mass is 224 g/mol. The van der Waals surface area contributed by atoms with Crippen molar-refractivity contribution in [2.45, 2.75) is 6.42 Å². The quantitative estimate of drug-likeness (QED) is 0.784. The molecule has 0 aliphatic rings. The summed E-state index contributed by atoms with van der Waals surface area (Å²) >= 11 is 0. The van der Waals surface area contributed by atoms with Gasteiger partial charge in [-0.1, -0.05) is 30.3 Å². The number of urea groups is 1. The van der Waals surface area contributed by atoms with E-state index in [-0.39, 0.29) is 6.42 Å². The van der Waals surface area contributed by atoms with E-state index in [1.807, 2.05) is 18.2 Å². The number of benzene rings is 1. The largest absolute Gasteiger partial charge is 0.481 e. The van der Waals surface area contributed by atoms with Gasteiger partial charge in [-0.15, -0.1) is 0 Å². The Morgan fingerprint density at radius 1 is 1.25 bits per heavy atom. The maximum atomic E-state index is 10.2. The highest BCUT2D eigenvalue weighted by molar-refractivity contribution is 5.71. The summed E-state index contributed by atoms with van der Waals surface area (Å²) in [7, 11) is 3.20. The van der Waals surface area contributed by atoms with Gasteiger partial charge >= 0.3 is 12.0 Å². The second-order valence-corrected chi connectivity index (χ2v) is 3.29. The number of carboxylic acid groups (broad SMARTS) is 1. The molecule has 1 aromatic carbocycles. The number of carbonyl (C=O) groups excluding carboxylic acids is 1. The average Bonchev–Trinajstić information content (AvgIpc) is 2.19. The molecular weight excluding hydrogens is 208 g/mol. The molecule has 0 fully saturated rings. The number of hydrogen-bond donors (Lipinski definition) is 2. The third kappa shape index (κ3) is 7.37. The summed E-state index contributed by atoms with van der Waals surface area (Å²) in [5.74, 6) is -0.786. The fourth-order valence-corrected chi connectivity index (χ4v) is 0.770. The fourth-order valence-electron chi connectivity index (χ4n) is 0.770. The van der Waals surface area contributed by atoms with Gasteiger partial charge < -0.3 is 15.7 Å². The van der Waals surface area contributed by atoms with Gasteiger partial charge in [0.05, 0.1) is 6.42 Å². The molecule has 0 atom stereocenters. The lowest BCUT2D eigenvalue weighted by atomic mass is 10.2. The van der Waals surface area contributed by atoms with Gasteiger partial charge in [-0.25, -0.2) is 4.79 Å². The summed E-state index contributed by atoms with van der Waals surface area (Å²) in [6.45, 7) is 0. The smallest absolute Gasteiger partial charge is 0.314 e. The standard InChI is InChI=1S/C8H8O2.C3H8N2O/c9-8(10)6-7-4-2-1-3-5-7;1-5(2)3(4)6/h1-5H,6H2,(H,9,10);1-2H3,(H2,4,6). The molecule has 1 aromatic rings. The Bertz CT molecular complexity index is 336. The summed E-state index contributed by atoms with van der Waals surface area (Å²) in [4.78, 5) is 21.3. The maximum absolute atomic E-state index is 10.2. The molecule has 0 heterocycles. The normalized spacial score (nSPS) is 8.62. The number of amides is 2. The zero-order chi connectivity index (χ0) is 12.6. The number of nitrogens with two attached hydrogens (primary N) is 1. The van der Waals surface area contributed by atoms with Crippen LogP contribution in [0.1, 0.15) is 5.56 Å². The molecule has 5 nitrogen and oxygen atoms in total. The van der Waals surface area contributed by atoms with Crippen LogP contribution in [0.25, 0.3) is 0 Å². The van der Waals surface area contributed by atoms with E-state index in [9.17, 15) is 9.59 Å². The number of primary amides is 1. The van der Waals surface area contributed by atoms with Crippen molar-refractivity contribution in [3.63, 3.8) is 0 Å². The van der Waals surface area contributed by atoms with Crippen LogP contribution in [0.2, 0.25) is 0 Å². The molecule has 3 N–H and O–H groups in total. The van der Waals surface area contributed by atoms with E-state index in [0.29, 0.717) is 0 Å². The first-order chi connectivity index (χ1) is 7.43. The van der Waals surface area contributed by atoms with Crippen LogP contribution in [0.3, 0.4) is 0 Å². The molecule has 0 aliphatic heterocycles. The van der Waals surface area contributed by atoms with Crippen molar-refractivity contribution in [1.29, 1.82) is 0 Å². The second kappa shape index (κ2) is 7.28. The second-order valence-electron chi connectivity index (χ2n) is 3.29. The van der Waals surface area contributed by atoms with Gasteiger partial charge in [-0.05, 0) is 5.56 Å². The van der Waals surface area contributed by atoms with Crippen molar-refractivity contribution < 1.29 is 14.7 Å². The topological polar surface area (TPSA) is 83.6 Å². The Morgan fingerprint density at radius 2 is 1.69 bits per heavy atom. The molecule has 0 saturated carbocycles. The summed E-state index contributed by atoms with van der Waals surface area (Å²) in [5, 5.41) is 8.37. The van der Waals surface area contributed by atoms with Crippen LogP contribution < -0.4 is 5.73 Å². The highest BCUT2D eigenvalue weighted by Crippen LogP contribution is 1.98. The molecule has 0 bridgehead atoms. The number of aliphatic carboxylic acids is 1. The first kappa shape index (κ1) is 14.0. The molecule has 16 heavy (non-hydrogen) atoms. The van der Waals surface area contributed by atoms with Crippen LogP contribution >= 0.6 is 0 Å². The number of carboxylic acids is 1. The Balaban J connectivity index is 0.000000325. The van der Waals surface area contributed by atoms with Gasteiger partial charge in [0.25, 0.3) is 0 Å². The minimum Gasteiger partial charge on any atom is -0.481 e. The van der Waals surface area contributed by atoms with Gasteiger partial charge in [0.1, 0.15) is 0 Å². The number of carbonyl (C=O) groups is 2. The molecule has 5 heteroatoms. The lowest BCUT2D eigenvalue weighted by Gasteiger charge is -2.01. The van der Waals surface area contributed by atoms with Crippen molar-refractivity contribution >= 4 is 12.0 Å². The minimum absolute atomic E-state index is 0.112. The molecule has 1 rings (SSSR count). The molecule has 0 spiro atoms. The van der Waals surface area contributed by atoms with E-state index in [2.05, 4.69) is 0 Å². The van der Waals surface area contributed by atoms with E-state index in [4.69, 9.17) is 10.8 Å². The van der Waals surface area contributed by atoms with E-state index in [1.165, 1.54) is 4.90 Å². The third-order valence-electron chi connectivity index (χ3n) is 1.64. The molecule has 0 aliphatic carbocycles. The van der Waals surface area contributed by atoms with E-state index >= 15 is 0 Å². The Kier molecular flexibility index (Phi) is 6.35. The molecule has 0 unspecified atom stereocenters. The van der Waals surface area contributed by atoms with Crippen LogP contribution in [0.5, 0.6) is 0 Å². The highest BCUT2D eigenvalue weighted by atomic mass is 16.4. The van der Waals surface area contributed by atoms with Gasteiger partial charge in [0.2, 0.25) is 0 Å².